The van der Waals surface area contributed by atoms with Gasteiger partial charge in [0.05, 0.1) is 6.04 Å². The molecular formula is C16H19FN2O3S. The smallest absolute Gasteiger partial charge is 0.246 e. The lowest BCUT2D eigenvalue weighted by Gasteiger charge is -2.22. The molecule has 0 spiro atoms. The third-order valence-electron chi connectivity index (χ3n) is 4.04. The summed E-state index contributed by atoms with van der Waals surface area (Å²) in [4.78, 5) is -0.288. The lowest BCUT2D eigenvalue weighted by Crippen LogP contribution is -2.31. The van der Waals surface area contributed by atoms with Crippen LogP contribution in [0.25, 0.3) is 0 Å². The molecule has 1 atom stereocenters. The molecule has 1 aromatic heterocycles. The Morgan fingerprint density at radius 2 is 2.17 bits per heavy atom. The molecule has 1 aliphatic heterocycles. The van der Waals surface area contributed by atoms with Crippen molar-refractivity contribution < 1.29 is 17.3 Å². The first-order valence-corrected chi connectivity index (χ1v) is 9.20. The Bertz CT molecular complexity index is 788. The van der Waals surface area contributed by atoms with Crippen molar-refractivity contribution in [3.63, 3.8) is 0 Å². The molecule has 1 aliphatic rings. The van der Waals surface area contributed by atoms with Crippen LogP contribution in [-0.2, 0) is 16.4 Å². The number of sulfonamides is 1. The van der Waals surface area contributed by atoms with E-state index in [4.69, 9.17) is 4.52 Å². The summed E-state index contributed by atoms with van der Waals surface area (Å²) in [6, 6.07) is 6.87. The summed E-state index contributed by atoms with van der Waals surface area (Å²) in [5.41, 5.74) is 0.603. The van der Waals surface area contributed by atoms with E-state index in [1.165, 1.54) is 22.5 Å². The van der Waals surface area contributed by atoms with Crippen LogP contribution in [-0.4, -0.2) is 24.4 Å². The van der Waals surface area contributed by atoms with Gasteiger partial charge in [0, 0.05) is 19.0 Å². The van der Waals surface area contributed by atoms with E-state index in [9.17, 15) is 12.8 Å². The SMILES string of the molecule is CCCc1cc([C@@H]2CCCN2S(=O)(=O)c2ccccc2F)no1. The van der Waals surface area contributed by atoms with Gasteiger partial charge in [-0.25, -0.2) is 12.8 Å². The minimum Gasteiger partial charge on any atom is -0.361 e. The average molecular weight is 338 g/mol. The second-order valence-corrected chi connectivity index (χ2v) is 7.53. The molecule has 124 valence electrons. The fourth-order valence-corrected chi connectivity index (χ4v) is 4.69. The van der Waals surface area contributed by atoms with Crippen LogP contribution >= 0.6 is 0 Å². The first-order valence-electron chi connectivity index (χ1n) is 7.76. The molecule has 0 radical (unpaired) electrons. The van der Waals surface area contributed by atoms with Gasteiger partial charge in [-0.3, -0.25) is 0 Å². The van der Waals surface area contributed by atoms with Crippen LogP contribution in [0.4, 0.5) is 4.39 Å². The molecular weight excluding hydrogens is 319 g/mol. The van der Waals surface area contributed by atoms with Gasteiger partial charge in [-0.1, -0.05) is 24.2 Å². The molecule has 23 heavy (non-hydrogen) atoms. The third-order valence-corrected chi connectivity index (χ3v) is 5.98. The summed E-state index contributed by atoms with van der Waals surface area (Å²) in [6.07, 6.45) is 3.07. The summed E-state index contributed by atoms with van der Waals surface area (Å²) >= 11 is 0. The first kappa shape index (κ1) is 16.1. The minimum absolute atomic E-state index is 0.288. The minimum atomic E-state index is -3.89. The van der Waals surface area contributed by atoms with Gasteiger partial charge < -0.3 is 4.52 Å². The van der Waals surface area contributed by atoms with Gasteiger partial charge in [-0.15, -0.1) is 0 Å². The Morgan fingerprint density at radius 1 is 1.39 bits per heavy atom. The number of benzene rings is 1. The van der Waals surface area contributed by atoms with Crippen LogP contribution in [0.5, 0.6) is 0 Å². The van der Waals surface area contributed by atoms with Gasteiger partial charge in [0.2, 0.25) is 10.0 Å². The lowest BCUT2D eigenvalue weighted by atomic mass is 10.1. The fourth-order valence-electron chi connectivity index (χ4n) is 2.95. The predicted molar refractivity (Wildman–Crippen MR) is 82.8 cm³/mol. The zero-order valence-corrected chi connectivity index (χ0v) is 13.7. The van der Waals surface area contributed by atoms with Gasteiger partial charge in [0.25, 0.3) is 0 Å². The van der Waals surface area contributed by atoms with E-state index >= 15 is 0 Å². The summed E-state index contributed by atoms with van der Waals surface area (Å²) < 4.78 is 46.1. The average Bonchev–Trinajstić information content (AvgIpc) is 3.16. The molecule has 0 unspecified atom stereocenters. The summed E-state index contributed by atoms with van der Waals surface area (Å²) in [7, 11) is -3.89. The Hall–Kier alpha value is -1.73. The summed E-state index contributed by atoms with van der Waals surface area (Å²) in [5, 5.41) is 4.02. The highest BCUT2D eigenvalue weighted by Crippen LogP contribution is 2.36. The van der Waals surface area contributed by atoms with Crippen molar-refractivity contribution in [2.45, 2.75) is 43.5 Å². The zero-order valence-electron chi connectivity index (χ0n) is 12.9. The van der Waals surface area contributed by atoms with Crippen LogP contribution in [0, 0.1) is 5.82 Å². The molecule has 0 bridgehead atoms. The number of aryl methyl sites for hydroxylation is 1. The van der Waals surface area contributed by atoms with E-state index in [2.05, 4.69) is 5.16 Å². The Balaban J connectivity index is 1.93. The molecule has 0 aliphatic carbocycles. The van der Waals surface area contributed by atoms with Crippen molar-refractivity contribution in [2.24, 2.45) is 0 Å². The first-order chi connectivity index (χ1) is 11.0. The van der Waals surface area contributed by atoms with E-state index in [-0.39, 0.29) is 4.90 Å². The molecule has 5 nitrogen and oxygen atoms in total. The summed E-state index contributed by atoms with van der Waals surface area (Å²) in [6.45, 7) is 2.39. The Morgan fingerprint density at radius 3 is 2.91 bits per heavy atom. The number of hydrogen-bond acceptors (Lipinski definition) is 4. The molecule has 2 heterocycles. The second kappa shape index (κ2) is 6.41. The van der Waals surface area contributed by atoms with E-state index in [1.54, 1.807) is 0 Å². The van der Waals surface area contributed by atoms with Crippen molar-refractivity contribution in [1.29, 1.82) is 0 Å². The van der Waals surface area contributed by atoms with E-state index in [0.29, 0.717) is 25.1 Å². The number of nitrogens with zero attached hydrogens (tertiary/aromatic N) is 2. The molecule has 2 aromatic rings. The fraction of sp³-hybridized carbons (Fsp3) is 0.438. The number of aromatic nitrogens is 1. The highest BCUT2D eigenvalue weighted by atomic mass is 32.2. The molecule has 1 saturated heterocycles. The van der Waals surface area contributed by atoms with Gasteiger partial charge in [0.15, 0.2) is 0 Å². The van der Waals surface area contributed by atoms with Gasteiger partial charge in [-0.2, -0.15) is 4.31 Å². The standard InChI is InChI=1S/C16H19FN2O3S/c1-2-6-12-11-14(18-22-12)15-8-5-10-19(15)23(20,21)16-9-4-3-7-13(16)17/h3-4,7,9,11,15H,2,5-6,8,10H2,1H3/t15-/m0/s1. The second-order valence-electron chi connectivity index (χ2n) is 5.67. The van der Waals surface area contributed by atoms with Crippen molar-refractivity contribution in [1.82, 2.24) is 9.46 Å². The number of hydrogen-bond donors (Lipinski definition) is 0. The monoisotopic (exact) mass is 338 g/mol. The highest BCUT2D eigenvalue weighted by molar-refractivity contribution is 7.89. The maximum absolute atomic E-state index is 13.9. The van der Waals surface area contributed by atoms with Crippen molar-refractivity contribution >= 4 is 10.0 Å². The van der Waals surface area contributed by atoms with Crippen LogP contribution in [0.2, 0.25) is 0 Å². The quantitative estimate of drug-likeness (QED) is 0.839. The van der Waals surface area contributed by atoms with Crippen molar-refractivity contribution in [3.05, 3.63) is 47.6 Å². The largest absolute Gasteiger partial charge is 0.361 e. The Kier molecular flexibility index (Phi) is 4.50. The lowest BCUT2D eigenvalue weighted by molar-refractivity contribution is 0.343. The normalized spacial score (nSPS) is 19.3. The van der Waals surface area contributed by atoms with Crippen LogP contribution in [0.1, 0.15) is 43.7 Å². The van der Waals surface area contributed by atoms with Crippen LogP contribution in [0.3, 0.4) is 0 Å². The zero-order chi connectivity index (χ0) is 16.4. The maximum Gasteiger partial charge on any atom is 0.246 e. The molecule has 0 saturated carbocycles. The van der Waals surface area contributed by atoms with E-state index in [0.717, 1.165) is 24.7 Å². The third kappa shape index (κ3) is 3.03. The molecule has 1 aromatic carbocycles. The highest BCUT2D eigenvalue weighted by Gasteiger charge is 2.38. The predicted octanol–water partition coefficient (Wildman–Crippen LogP) is 3.29. The van der Waals surface area contributed by atoms with Crippen LogP contribution < -0.4 is 0 Å². The van der Waals surface area contributed by atoms with E-state index in [1.807, 2.05) is 13.0 Å². The van der Waals surface area contributed by atoms with Crippen molar-refractivity contribution in [2.75, 3.05) is 6.54 Å². The maximum atomic E-state index is 13.9. The molecule has 7 heteroatoms. The molecule has 0 amide bonds. The molecule has 1 fully saturated rings. The molecule has 3 rings (SSSR count). The number of rotatable bonds is 5. The van der Waals surface area contributed by atoms with Gasteiger partial charge in [-0.05, 0) is 31.4 Å². The van der Waals surface area contributed by atoms with Gasteiger partial charge in [0.1, 0.15) is 22.2 Å². The van der Waals surface area contributed by atoms with Crippen LogP contribution in [0.15, 0.2) is 39.8 Å². The van der Waals surface area contributed by atoms with Gasteiger partial charge >= 0.3 is 0 Å². The molecule has 0 N–H and O–H groups in total. The van der Waals surface area contributed by atoms with Crippen molar-refractivity contribution in [3.8, 4) is 0 Å². The summed E-state index contributed by atoms with van der Waals surface area (Å²) in [5.74, 6) is 0.0163. The van der Waals surface area contributed by atoms with E-state index < -0.39 is 21.9 Å². The Labute approximate surface area is 135 Å². The topological polar surface area (TPSA) is 63.4 Å². The number of halogens is 1.